The van der Waals surface area contributed by atoms with Gasteiger partial charge < -0.3 is 15.8 Å². The van der Waals surface area contributed by atoms with Crippen molar-refractivity contribution < 1.29 is 22.7 Å². The number of benzene rings is 1. The molecule has 1 aliphatic rings. The van der Waals surface area contributed by atoms with E-state index in [0.29, 0.717) is 60.5 Å². The maximum atomic E-state index is 13.3. The molecule has 3 N–H and O–H groups in total. The molecule has 0 unspecified atom stereocenters. The normalized spacial score (nSPS) is 15.1. The number of aromatic nitrogens is 3. The number of piperidine rings is 1. The maximum absolute atomic E-state index is 13.3. The van der Waals surface area contributed by atoms with Gasteiger partial charge in [0, 0.05) is 38.7 Å². The second-order valence-corrected chi connectivity index (χ2v) is 11.7. The highest BCUT2D eigenvalue weighted by molar-refractivity contribution is 7.89. The van der Waals surface area contributed by atoms with E-state index < -0.39 is 15.9 Å². The van der Waals surface area contributed by atoms with Gasteiger partial charge in [0.05, 0.1) is 33.9 Å². The number of carbonyl (C=O) groups excluding carboxylic acids is 2. The lowest BCUT2D eigenvalue weighted by Crippen LogP contribution is -2.40. The van der Waals surface area contributed by atoms with Crippen molar-refractivity contribution in [3.8, 4) is 0 Å². The van der Waals surface area contributed by atoms with Gasteiger partial charge in [-0.25, -0.2) is 17.7 Å². The van der Waals surface area contributed by atoms with Crippen molar-refractivity contribution in [2.45, 2.75) is 39.7 Å². The van der Waals surface area contributed by atoms with E-state index in [0.717, 1.165) is 18.5 Å². The highest BCUT2D eigenvalue weighted by Crippen LogP contribution is 2.27. The number of nitrogens with one attached hydrogen (secondary N) is 1. The van der Waals surface area contributed by atoms with Crippen molar-refractivity contribution >= 4 is 38.4 Å². The van der Waals surface area contributed by atoms with Gasteiger partial charge >= 0.3 is 0 Å². The molecule has 1 fully saturated rings. The minimum atomic E-state index is -3.28. The molecule has 11 nitrogen and oxygen atoms in total. The first-order valence-electron chi connectivity index (χ1n) is 12.6. The molecule has 38 heavy (non-hydrogen) atoms. The lowest BCUT2D eigenvalue weighted by Gasteiger charge is -2.31. The molecular formula is C26H34N6O5S. The standard InChI is InChI=1S/C26H34N6O5S/c1-17-24(29-26(34)21-15-23(25(27)33)28-22-8-5-4-7-20(21)22)18(2)32(30-17)16-19-9-11-31(12-10-19)38(35,36)14-6-13-37-3/h4-5,7-8,15,19H,6,9-14,16H2,1-3H3,(H2,27,33)(H,29,34). The van der Waals surface area contributed by atoms with Crippen LogP contribution in [0.25, 0.3) is 10.9 Å². The van der Waals surface area contributed by atoms with Gasteiger partial charge in [-0.05, 0) is 51.2 Å². The number of amides is 2. The van der Waals surface area contributed by atoms with Crippen molar-refractivity contribution in [1.29, 1.82) is 0 Å². The van der Waals surface area contributed by atoms with E-state index in [1.807, 2.05) is 18.5 Å². The summed E-state index contributed by atoms with van der Waals surface area (Å²) in [5, 5.41) is 8.22. The van der Waals surface area contributed by atoms with E-state index in [2.05, 4.69) is 15.4 Å². The first-order chi connectivity index (χ1) is 18.1. The van der Waals surface area contributed by atoms with Crippen molar-refractivity contribution in [1.82, 2.24) is 19.1 Å². The monoisotopic (exact) mass is 542 g/mol. The molecule has 0 spiro atoms. The van der Waals surface area contributed by atoms with Gasteiger partial charge in [0.2, 0.25) is 10.0 Å². The molecule has 3 heterocycles. The van der Waals surface area contributed by atoms with E-state index in [1.165, 1.54) is 6.07 Å². The van der Waals surface area contributed by atoms with Gasteiger partial charge in [0.15, 0.2) is 0 Å². The maximum Gasteiger partial charge on any atom is 0.267 e. The molecule has 0 aliphatic carbocycles. The van der Waals surface area contributed by atoms with Crippen molar-refractivity contribution in [3.05, 3.63) is 53.0 Å². The Morgan fingerprint density at radius 3 is 2.58 bits per heavy atom. The fourth-order valence-electron chi connectivity index (χ4n) is 4.86. The Balaban J connectivity index is 1.45. The number of anilines is 1. The third-order valence-electron chi connectivity index (χ3n) is 6.98. The molecule has 3 aromatic rings. The molecule has 1 aromatic carbocycles. The number of hydrogen-bond acceptors (Lipinski definition) is 7. The van der Waals surface area contributed by atoms with E-state index in [9.17, 15) is 18.0 Å². The summed E-state index contributed by atoms with van der Waals surface area (Å²) in [6.45, 7) is 5.75. The number of aryl methyl sites for hydroxylation is 1. The summed E-state index contributed by atoms with van der Waals surface area (Å²) in [4.78, 5) is 29.4. The average molecular weight is 543 g/mol. The number of methoxy groups -OCH3 is 1. The Labute approximate surface area is 222 Å². The minimum Gasteiger partial charge on any atom is -0.385 e. The predicted molar refractivity (Wildman–Crippen MR) is 144 cm³/mol. The van der Waals surface area contributed by atoms with Crippen molar-refractivity contribution in [2.24, 2.45) is 11.7 Å². The smallest absolute Gasteiger partial charge is 0.267 e. The molecule has 1 saturated heterocycles. The van der Waals surface area contributed by atoms with Gasteiger partial charge in [0.1, 0.15) is 5.69 Å². The lowest BCUT2D eigenvalue weighted by molar-refractivity contribution is 0.0996. The van der Waals surface area contributed by atoms with Crippen LogP contribution in [0.4, 0.5) is 5.69 Å². The average Bonchev–Trinajstić information content (AvgIpc) is 3.15. The molecule has 0 atom stereocenters. The van der Waals surface area contributed by atoms with E-state index >= 15 is 0 Å². The first kappa shape index (κ1) is 27.7. The summed E-state index contributed by atoms with van der Waals surface area (Å²) in [6.07, 6.45) is 1.96. The number of rotatable bonds is 10. The minimum absolute atomic E-state index is 0.0186. The summed E-state index contributed by atoms with van der Waals surface area (Å²) in [5.74, 6) is -0.730. The van der Waals surface area contributed by atoms with Crippen LogP contribution in [-0.2, 0) is 21.3 Å². The number of nitrogens with zero attached hydrogens (tertiary/aromatic N) is 4. The van der Waals surface area contributed by atoms with Crippen LogP contribution in [0.5, 0.6) is 0 Å². The van der Waals surface area contributed by atoms with Crippen LogP contribution in [0.3, 0.4) is 0 Å². The SMILES string of the molecule is COCCCS(=O)(=O)N1CCC(Cn2nc(C)c(NC(=O)c3cc(C(N)=O)nc4ccccc34)c2C)CC1. The molecule has 12 heteroatoms. The van der Waals surface area contributed by atoms with Gasteiger partial charge in [-0.1, -0.05) is 18.2 Å². The van der Waals surface area contributed by atoms with Crippen LogP contribution < -0.4 is 11.1 Å². The molecule has 2 amide bonds. The quantitative estimate of drug-likeness (QED) is 0.374. The summed E-state index contributed by atoms with van der Waals surface area (Å²) < 4.78 is 33.6. The summed E-state index contributed by atoms with van der Waals surface area (Å²) in [5.41, 5.74) is 8.34. The molecule has 0 bridgehead atoms. The fourth-order valence-corrected chi connectivity index (χ4v) is 6.36. The lowest BCUT2D eigenvalue weighted by atomic mass is 9.98. The molecule has 0 radical (unpaired) electrons. The first-order valence-corrected chi connectivity index (χ1v) is 14.2. The topological polar surface area (TPSA) is 150 Å². The largest absolute Gasteiger partial charge is 0.385 e. The van der Waals surface area contributed by atoms with Gasteiger partial charge in [-0.3, -0.25) is 14.3 Å². The van der Waals surface area contributed by atoms with Gasteiger partial charge in [-0.2, -0.15) is 5.10 Å². The Hall–Kier alpha value is -3.35. The zero-order valence-corrected chi connectivity index (χ0v) is 22.8. The van der Waals surface area contributed by atoms with Gasteiger partial charge in [-0.15, -0.1) is 0 Å². The third kappa shape index (κ3) is 6.03. The molecule has 1 aliphatic heterocycles. The highest BCUT2D eigenvalue weighted by atomic mass is 32.2. The molecule has 0 saturated carbocycles. The number of fused-ring (bicyclic) bond motifs is 1. The number of ether oxygens (including phenoxy) is 1. The number of primary amides is 1. The summed E-state index contributed by atoms with van der Waals surface area (Å²) in [6, 6.07) is 8.49. The Morgan fingerprint density at radius 1 is 1.18 bits per heavy atom. The highest BCUT2D eigenvalue weighted by Gasteiger charge is 2.28. The second kappa shape index (κ2) is 11.6. The zero-order valence-electron chi connectivity index (χ0n) is 21.9. The summed E-state index contributed by atoms with van der Waals surface area (Å²) >= 11 is 0. The molecule has 204 valence electrons. The number of para-hydroxylation sites is 1. The number of carbonyl (C=O) groups is 2. The van der Waals surface area contributed by atoms with Crippen LogP contribution >= 0.6 is 0 Å². The zero-order chi connectivity index (χ0) is 27.4. The number of nitrogens with two attached hydrogens (primary N) is 1. The molecular weight excluding hydrogens is 508 g/mol. The third-order valence-corrected chi connectivity index (χ3v) is 8.94. The fraction of sp³-hybridized carbons (Fsp3) is 0.462. The van der Waals surface area contributed by atoms with E-state index in [-0.39, 0.29) is 23.3 Å². The second-order valence-electron chi connectivity index (χ2n) is 9.62. The van der Waals surface area contributed by atoms with Crippen LogP contribution in [0.2, 0.25) is 0 Å². The van der Waals surface area contributed by atoms with Gasteiger partial charge in [0.25, 0.3) is 11.8 Å². The van der Waals surface area contributed by atoms with E-state index in [1.54, 1.807) is 35.7 Å². The van der Waals surface area contributed by atoms with Crippen molar-refractivity contribution in [2.75, 3.05) is 37.9 Å². The summed E-state index contributed by atoms with van der Waals surface area (Å²) in [7, 11) is -1.71. The van der Waals surface area contributed by atoms with Crippen LogP contribution in [0, 0.1) is 19.8 Å². The predicted octanol–water partition coefficient (Wildman–Crippen LogP) is 2.48. The molecule has 4 rings (SSSR count). The number of sulfonamides is 1. The molecule has 2 aromatic heterocycles. The van der Waals surface area contributed by atoms with Crippen molar-refractivity contribution in [3.63, 3.8) is 0 Å². The number of hydrogen-bond donors (Lipinski definition) is 2. The number of pyridine rings is 1. The van der Waals surface area contributed by atoms with E-state index in [4.69, 9.17) is 10.5 Å². The van der Waals surface area contributed by atoms with Crippen LogP contribution in [0.1, 0.15) is 51.5 Å². The Kier molecular flexibility index (Phi) is 8.44. The Morgan fingerprint density at radius 2 is 1.89 bits per heavy atom. The van der Waals surface area contributed by atoms with Crippen LogP contribution in [-0.4, -0.2) is 71.9 Å². The van der Waals surface area contributed by atoms with Crippen LogP contribution in [0.15, 0.2) is 30.3 Å². The Bertz CT molecular complexity index is 1440.